The Bertz CT molecular complexity index is 1250. The number of pyridine rings is 1. The number of carbonyl (C=O) groups excluding carboxylic acids is 1. The summed E-state index contributed by atoms with van der Waals surface area (Å²) in [5.74, 6) is -0.211. The highest BCUT2D eigenvalue weighted by atomic mass is 35.5. The van der Waals surface area contributed by atoms with Gasteiger partial charge in [-0.15, -0.1) is 11.3 Å². The molecule has 0 saturated heterocycles. The van der Waals surface area contributed by atoms with E-state index in [0.29, 0.717) is 50.4 Å². The van der Waals surface area contributed by atoms with Crippen molar-refractivity contribution in [2.45, 2.75) is 6.42 Å². The number of nitrogen functional groups attached to an aromatic ring is 1. The van der Waals surface area contributed by atoms with Crippen molar-refractivity contribution >= 4 is 62.3 Å². The SMILES string of the molecule is NC(=O)c1sc2nc(NCCc3ccccn3)nc(-c3ccc(Cl)c(Cl)c3)c2c1N. The van der Waals surface area contributed by atoms with Gasteiger partial charge in [0.25, 0.3) is 5.91 Å². The summed E-state index contributed by atoms with van der Waals surface area (Å²) in [6.45, 7) is 0.576. The van der Waals surface area contributed by atoms with Crippen LogP contribution in [0, 0.1) is 0 Å². The first kappa shape index (κ1) is 20.3. The van der Waals surface area contributed by atoms with Crippen LogP contribution in [-0.4, -0.2) is 27.4 Å². The minimum atomic E-state index is -0.611. The van der Waals surface area contributed by atoms with Crippen LogP contribution in [0.4, 0.5) is 11.6 Å². The van der Waals surface area contributed by atoms with Crippen LogP contribution in [0.5, 0.6) is 0 Å². The summed E-state index contributed by atoms with van der Waals surface area (Å²) >= 11 is 13.4. The number of carbonyl (C=O) groups is 1. The Morgan fingerprint density at radius 1 is 1.13 bits per heavy atom. The predicted octanol–water partition coefficient (Wildman–Crippen LogP) is 4.40. The van der Waals surface area contributed by atoms with Crippen LogP contribution in [0.3, 0.4) is 0 Å². The van der Waals surface area contributed by atoms with Crippen molar-refractivity contribution < 1.29 is 4.79 Å². The Kier molecular flexibility index (Phi) is 5.72. The van der Waals surface area contributed by atoms with Gasteiger partial charge in [-0.05, 0) is 24.3 Å². The van der Waals surface area contributed by atoms with Crippen LogP contribution >= 0.6 is 34.5 Å². The number of fused-ring (bicyclic) bond motifs is 1. The smallest absolute Gasteiger partial charge is 0.260 e. The number of aromatic nitrogens is 3. The van der Waals surface area contributed by atoms with Crippen LogP contribution in [0.2, 0.25) is 10.0 Å². The maximum absolute atomic E-state index is 11.8. The van der Waals surface area contributed by atoms with Gasteiger partial charge in [0.05, 0.1) is 26.8 Å². The Morgan fingerprint density at radius 3 is 2.67 bits per heavy atom. The molecular weight excluding hydrogens is 443 g/mol. The molecule has 0 spiro atoms. The van der Waals surface area contributed by atoms with Crippen molar-refractivity contribution in [1.82, 2.24) is 15.0 Å². The number of hydrogen-bond acceptors (Lipinski definition) is 7. The summed E-state index contributed by atoms with van der Waals surface area (Å²) in [4.78, 5) is 26.1. The molecule has 1 aromatic carbocycles. The van der Waals surface area contributed by atoms with Gasteiger partial charge in [-0.25, -0.2) is 9.97 Å². The molecule has 4 rings (SSSR count). The zero-order valence-electron chi connectivity index (χ0n) is 15.5. The number of amides is 1. The summed E-state index contributed by atoms with van der Waals surface area (Å²) < 4.78 is 0. The summed E-state index contributed by atoms with van der Waals surface area (Å²) in [5, 5.41) is 4.58. The Hall–Kier alpha value is -2.94. The molecule has 10 heteroatoms. The lowest BCUT2D eigenvalue weighted by molar-refractivity contribution is 0.100. The molecule has 1 amide bonds. The second kappa shape index (κ2) is 8.43. The van der Waals surface area contributed by atoms with Crippen LogP contribution in [0.25, 0.3) is 21.5 Å². The topological polar surface area (TPSA) is 120 Å². The van der Waals surface area contributed by atoms with E-state index in [1.807, 2.05) is 18.2 Å². The van der Waals surface area contributed by atoms with Crippen molar-refractivity contribution in [3.05, 3.63) is 63.2 Å². The largest absolute Gasteiger partial charge is 0.397 e. The molecule has 3 heterocycles. The third kappa shape index (κ3) is 4.02. The molecule has 0 saturated carbocycles. The van der Waals surface area contributed by atoms with Crippen LogP contribution in [0.15, 0.2) is 42.6 Å². The minimum absolute atomic E-state index is 0.242. The monoisotopic (exact) mass is 458 g/mol. The van der Waals surface area contributed by atoms with E-state index in [4.69, 9.17) is 34.7 Å². The number of halogens is 2. The Labute approximate surface area is 186 Å². The summed E-state index contributed by atoms with van der Waals surface area (Å²) in [7, 11) is 0. The zero-order valence-corrected chi connectivity index (χ0v) is 17.9. The van der Waals surface area contributed by atoms with Crippen LogP contribution in [-0.2, 0) is 6.42 Å². The number of rotatable bonds is 6. The lowest BCUT2D eigenvalue weighted by Gasteiger charge is -2.10. The first-order valence-electron chi connectivity index (χ1n) is 8.93. The molecule has 0 aliphatic heterocycles. The number of thiophene rings is 1. The van der Waals surface area contributed by atoms with Crippen LogP contribution in [0.1, 0.15) is 15.4 Å². The van der Waals surface area contributed by atoms with E-state index in [-0.39, 0.29) is 10.6 Å². The fourth-order valence-electron chi connectivity index (χ4n) is 2.98. The molecule has 7 nitrogen and oxygen atoms in total. The molecule has 5 N–H and O–H groups in total. The second-order valence-corrected chi connectivity index (χ2v) is 8.23. The first-order valence-corrected chi connectivity index (χ1v) is 10.5. The number of nitrogens with zero attached hydrogens (tertiary/aromatic N) is 3. The van der Waals surface area contributed by atoms with Gasteiger partial charge in [-0.3, -0.25) is 9.78 Å². The molecule has 0 unspecified atom stereocenters. The van der Waals surface area contributed by atoms with E-state index in [2.05, 4.69) is 20.3 Å². The molecule has 0 radical (unpaired) electrons. The zero-order chi connectivity index (χ0) is 21.3. The minimum Gasteiger partial charge on any atom is -0.397 e. The van der Waals surface area contributed by atoms with E-state index >= 15 is 0 Å². The number of nitrogens with one attached hydrogen (secondary N) is 1. The average Bonchev–Trinajstić information content (AvgIpc) is 3.07. The van der Waals surface area contributed by atoms with Gasteiger partial charge in [0, 0.05) is 30.4 Å². The van der Waals surface area contributed by atoms with Crippen molar-refractivity contribution in [1.29, 1.82) is 0 Å². The molecule has 0 atom stereocenters. The van der Waals surface area contributed by atoms with E-state index in [1.54, 1.807) is 24.4 Å². The molecule has 0 aliphatic rings. The van der Waals surface area contributed by atoms with Crippen LogP contribution < -0.4 is 16.8 Å². The van der Waals surface area contributed by atoms with Gasteiger partial charge in [0.1, 0.15) is 9.71 Å². The fourth-order valence-corrected chi connectivity index (χ4v) is 4.23. The lowest BCUT2D eigenvalue weighted by atomic mass is 10.1. The van der Waals surface area contributed by atoms with Crippen molar-refractivity contribution in [3.8, 4) is 11.3 Å². The number of primary amides is 1. The number of anilines is 2. The van der Waals surface area contributed by atoms with E-state index < -0.39 is 5.91 Å². The maximum atomic E-state index is 11.8. The van der Waals surface area contributed by atoms with Gasteiger partial charge in [0.15, 0.2) is 0 Å². The molecule has 152 valence electrons. The fraction of sp³-hybridized carbons (Fsp3) is 0.100. The third-order valence-corrected chi connectivity index (χ3v) is 6.25. The predicted molar refractivity (Wildman–Crippen MR) is 122 cm³/mol. The van der Waals surface area contributed by atoms with Gasteiger partial charge in [-0.1, -0.05) is 35.3 Å². The molecule has 0 bridgehead atoms. The second-order valence-electron chi connectivity index (χ2n) is 6.41. The van der Waals surface area contributed by atoms with E-state index in [1.165, 1.54) is 0 Å². The van der Waals surface area contributed by atoms with Crippen molar-refractivity contribution in [2.24, 2.45) is 5.73 Å². The average molecular weight is 459 g/mol. The summed E-state index contributed by atoms with van der Waals surface area (Å²) in [6.07, 6.45) is 2.45. The Morgan fingerprint density at radius 2 is 1.97 bits per heavy atom. The molecule has 3 aromatic heterocycles. The number of hydrogen-bond donors (Lipinski definition) is 3. The molecule has 0 aliphatic carbocycles. The highest BCUT2D eigenvalue weighted by Crippen LogP contribution is 2.40. The standard InChI is InChI=1S/C20H16Cl2N6OS/c21-12-5-4-10(9-13(12)22)16-14-15(23)17(18(24)29)30-19(14)28-20(27-16)26-8-6-11-3-1-2-7-25-11/h1-5,7,9H,6,8,23H2,(H2,24,29)(H,26,27,28). The molecule has 4 aromatic rings. The van der Waals surface area contributed by atoms with Gasteiger partial charge >= 0.3 is 0 Å². The number of benzene rings is 1. The summed E-state index contributed by atoms with van der Waals surface area (Å²) in [5.41, 5.74) is 14.1. The normalized spacial score (nSPS) is 11.0. The highest BCUT2D eigenvalue weighted by Gasteiger charge is 2.21. The number of nitrogens with two attached hydrogens (primary N) is 2. The van der Waals surface area contributed by atoms with Gasteiger partial charge < -0.3 is 16.8 Å². The first-order chi connectivity index (χ1) is 14.4. The Balaban J connectivity index is 1.76. The quantitative estimate of drug-likeness (QED) is 0.393. The van der Waals surface area contributed by atoms with Crippen molar-refractivity contribution in [3.63, 3.8) is 0 Å². The van der Waals surface area contributed by atoms with E-state index in [0.717, 1.165) is 17.0 Å². The van der Waals surface area contributed by atoms with Crippen molar-refractivity contribution in [2.75, 3.05) is 17.6 Å². The van der Waals surface area contributed by atoms with Gasteiger partial charge in [-0.2, -0.15) is 0 Å². The summed E-state index contributed by atoms with van der Waals surface area (Å²) in [6, 6.07) is 10.9. The molecule has 30 heavy (non-hydrogen) atoms. The third-order valence-electron chi connectivity index (χ3n) is 4.40. The molecular formula is C20H16Cl2N6OS. The van der Waals surface area contributed by atoms with E-state index in [9.17, 15) is 4.79 Å². The molecule has 0 fully saturated rings. The lowest BCUT2D eigenvalue weighted by Crippen LogP contribution is -2.11. The highest BCUT2D eigenvalue weighted by molar-refractivity contribution is 7.21. The maximum Gasteiger partial charge on any atom is 0.260 e. The van der Waals surface area contributed by atoms with Gasteiger partial charge in [0.2, 0.25) is 5.95 Å².